The third-order valence-corrected chi connectivity index (χ3v) is 4.84. The van der Waals surface area contributed by atoms with Gasteiger partial charge in [0.2, 0.25) is 0 Å². The maximum Gasteiger partial charge on any atom is 0.340 e. The highest BCUT2D eigenvalue weighted by Gasteiger charge is 2.23. The second-order valence-electron chi connectivity index (χ2n) is 5.85. The van der Waals surface area contributed by atoms with Gasteiger partial charge in [0.25, 0.3) is 0 Å². The van der Waals surface area contributed by atoms with Crippen molar-refractivity contribution >= 4 is 33.8 Å². The maximum absolute atomic E-state index is 12.6. The van der Waals surface area contributed by atoms with Crippen molar-refractivity contribution in [3.05, 3.63) is 59.8 Å². The molecule has 2 aromatic carbocycles. The predicted molar refractivity (Wildman–Crippen MR) is 109 cm³/mol. The summed E-state index contributed by atoms with van der Waals surface area (Å²) in [6.45, 7) is 2.07. The van der Waals surface area contributed by atoms with Crippen LogP contribution in [-0.4, -0.2) is 22.3 Å². The molecule has 0 radical (unpaired) electrons. The van der Waals surface area contributed by atoms with Crippen molar-refractivity contribution in [3.8, 4) is 11.5 Å². The van der Waals surface area contributed by atoms with E-state index in [1.54, 1.807) is 6.92 Å². The lowest BCUT2D eigenvalue weighted by Crippen LogP contribution is -2.10. The number of nitrogens with zero attached hydrogens (tertiary/aromatic N) is 1. The molecule has 0 aliphatic rings. The fourth-order valence-corrected chi connectivity index (χ4v) is 3.53. The molecule has 0 unspecified atom stereocenters. The summed E-state index contributed by atoms with van der Waals surface area (Å²) in [7, 11) is 1.88. The normalized spacial score (nSPS) is 10.7. The zero-order chi connectivity index (χ0) is 19.4. The SMILES string of the molecule is CCOC(=O)c1c(CSC(=N)N)n(C)c2cc(Oc3ccccc3)ccc12. The van der Waals surface area contributed by atoms with Gasteiger partial charge in [0.1, 0.15) is 11.5 Å². The van der Waals surface area contributed by atoms with E-state index in [4.69, 9.17) is 20.6 Å². The Labute approximate surface area is 161 Å². The van der Waals surface area contributed by atoms with Crippen molar-refractivity contribution in [2.45, 2.75) is 12.7 Å². The number of fused-ring (bicyclic) bond motifs is 1. The molecule has 140 valence electrons. The molecule has 0 amide bonds. The molecule has 0 saturated carbocycles. The standard InChI is InChI=1S/C20H21N3O3S/c1-3-25-19(24)18-15-10-9-14(26-13-7-5-4-6-8-13)11-16(15)23(2)17(18)12-27-20(21)22/h4-11H,3,12H2,1-2H3,(H3,21,22). The minimum Gasteiger partial charge on any atom is -0.462 e. The van der Waals surface area contributed by atoms with E-state index in [1.807, 2.05) is 60.1 Å². The van der Waals surface area contributed by atoms with Crippen molar-refractivity contribution < 1.29 is 14.3 Å². The fourth-order valence-electron chi connectivity index (χ4n) is 2.90. The van der Waals surface area contributed by atoms with Crippen LogP contribution in [0.5, 0.6) is 11.5 Å². The number of benzene rings is 2. The first-order valence-corrected chi connectivity index (χ1v) is 9.48. The number of hydrogen-bond acceptors (Lipinski definition) is 5. The minimum absolute atomic E-state index is 0.00293. The monoisotopic (exact) mass is 383 g/mol. The summed E-state index contributed by atoms with van der Waals surface area (Å²) in [6.07, 6.45) is 0. The maximum atomic E-state index is 12.6. The highest BCUT2D eigenvalue weighted by molar-refractivity contribution is 8.13. The number of nitrogens with two attached hydrogens (primary N) is 1. The minimum atomic E-state index is -0.376. The van der Waals surface area contributed by atoms with Crippen LogP contribution in [0.15, 0.2) is 48.5 Å². The van der Waals surface area contributed by atoms with E-state index in [-0.39, 0.29) is 11.1 Å². The number of carbonyl (C=O) groups excluding carboxylic acids is 1. The molecule has 0 atom stereocenters. The third kappa shape index (κ3) is 4.09. The summed E-state index contributed by atoms with van der Waals surface area (Å²) in [5.41, 5.74) is 7.61. The fraction of sp³-hybridized carbons (Fsp3) is 0.200. The van der Waals surface area contributed by atoms with Gasteiger partial charge in [0, 0.05) is 29.9 Å². The topological polar surface area (TPSA) is 90.3 Å². The van der Waals surface area contributed by atoms with Gasteiger partial charge in [-0.1, -0.05) is 30.0 Å². The molecule has 3 aromatic rings. The van der Waals surface area contributed by atoms with Crippen molar-refractivity contribution in [1.29, 1.82) is 5.41 Å². The Morgan fingerprint density at radius 3 is 2.59 bits per heavy atom. The Hall–Kier alpha value is -2.93. The van der Waals surface area contributed by atoms with E-state index in [9.17, 15) is 4.79 Å². The highest BCUT2D eigenvalue weighted by Crippen LogP contribution is 2.33. The quantitative estimate of drug-likeness (QED) is 0.377. The zero-order valence-corrected chi connectivity index (χ0v) is 16.0. The first kappa shape index (κ1) is 18.8. The van der Waals surface area contributed by atoms with Crippen LogP contribution in [0, 0.1) is 5.41 Å². The van der Waals surface area contributed by atoms with Crippen LogP contribution in [0.25, 0.3) is 10.9 Å². The first-order valence-electron chi connectivity index (χ1n) is 8.49. The van der Waals surface area contributed by atoms with Crippen LogP contribution in [-0.2, 0) is 17.5 Å². The molecule has 1 aromatic heterocycles. The summed E-state index contributed by atoms with van der Waals surface area (Å²) in [5, 5.41) is 8.25. The van der Waals surface area contributed by atoms with E-state index < -0.39 is 0 Å². The van der Waals surface area contributed by atoms with E-state index in [0.29, 0.717) is 23.7 Å². The van der Waals surface area contributed by atoms with Crippen molar-refractivity contribution in [2.24, 2.45) is 12.8 Å². The van der Waals surface area contributed by atoms with E-state index in [0.717, 1.165) is 22.3 Å². The summed E-state index contributed by atoms with van der Waals surface area (Å²) < 4.78 is 13.1. The van der Waals surface area contributed by atoms with E-state index >= 15 is 0 Å². The molecule has 6 nitrogen and oxygen atoms in total. The van der Waals surface area contributed by atoms with Gasteiger partial charge in [0.05, 0.1) is 17.7 Å². The molecule has 7 heteroatoms. The summed E-state index contributed by atoms with van der Waals surface area (Å²) in [5.74, 6) is 1.45. The lowest BCUT2D eigenvalue weighted by molar-refractivity contribution is 0.0527. The number of para-hydroxylation sites is 1. The Kier molecular flexibility index (Phi) is 5.71. The molecule has 0 fully saturated rings. The second-order valence-corrected chi connectivity index (χ2v) is 6.87. The van der Waals surface area contributed by atoms with E-state index in [2.05, 4.69) is 0 Å². The average Bonchev–Trinajstić information content (AvgIpc) is 2.93. The van der Waals surface area contributed by atoms with Crippen molar-refractivity contribution in [1.82, 2.24) is 4.57 Å². The highest BCUT2D eigenvalue weighted by atomic mass is 32.2. The van der Waals surface area contributed by atoms with Crippen LogP contribution >= 0.6 is 11.8 Å². The number of thioether (sulfide) groups is 1. The van der Waals surface area contributed by atoms with Gasteiger partial charge in [0.15, 0.2) is 5.17 Å². The van der Waals surface area contributed by atoms with Gasteiger partial charge < -0.3 is 19.8 Å². The van der Waals surface area contributed by atoms with Gasteiger partial charge in [-0.2, -0.15) is 0 Å². The lowest BCUT2D eigenvalue weighted by atomic mass is 10.1. The third-order valence-electron chi connectivity index (χ3n) is 4.12. The summed E-state index contributed by atoms with van der Waals surface area (Å²) >= 11 is 1.17. The molecule has 3 rings (SSSR count). The number of ether oxygens (including phenoxy) is 2. The van der Waals surface area contributed by atoms with Crippen LogP contribution in [0.4, 0.5) is 0 Å². The molecular weight excluding hydrogens is 362 g/mol. The smallest absolute Gasteiger partial charge is 0.340 e. The Morgan fingerprint density at radius 2 is 1.93 bits per heavy atom. The number of aromatic nitrogens is 1. The number of aryl methyl sites for hydroxylation is 1. The Morgan fingerprint density at radius 1 is 1.19 bits per heavy atom. The van der Waals surface area contributed by atoms with Gasteiger partial charge >= 0.3 is 5.97 Å². The van der Waals surface area contributed by atoms with Gasteiger partial charge in [-0.15, -0.1) is 0 Å². The van der Waals surface area contributed by atoms with E-state index in [1.165, 1.54) is 11.8 Å². The lowest BCUT2D eigenvalue weighted by Gasteiger charge is -2.07. The molecular formula is C20H21N3O3S. The molecule has 3 N–H and O–H groups in total. The van der Waals surface area contributed by atoms with Gasteiger partial charge in [-0.3, -0.25) is 5.41 Å². The first-order chi connectivity index (χ1) is 13.0. The Bertz CT molecular complexity index is 983. The van der Waals surface area contributed by atoms with Crippen LogP contribution in [0.3, 0.4) is 0 Å². The number of esters is 1. The number of hydrogen-bond donors (Lipinski definition) is 2. The number of carbonyl (C=O) groups is 1. The van der Waals surface area contributed by atoms with Gasteiger partial charge in [-0.25, -0.2) is 4.79 Å². The molecule has 27 heavy (non-hydrogen) atoms. The largest absolute Gasteiger partial charge is 0.462 e. The molecule has 1 heterocycles. The molecule has 0 aliphatic carbocycles. The second kappa shape index (κ2) is 8.18. The number of nitrogens with one attached hydrogen (secondary N) is 1. The molecule has 0 spiro atoms. The van der Waals surface area contributed by atoms with Crippen LogP contribution in [0.1, 0.15) is 23.0 Å². The number of amidine groups is 1. The molecule has 0 saturated heterocycles. The molecule has 0 aliphatic heterocycles. The predicted octanol–water partition coefficient (Wildman–Crippen LogP) is 4.27. The van der Waals surface area contributed by atoms with Crippen molar-refractivity contribution in [2.75, 3.05) is 6.61 Å². The Balaban J connectivity index is 2.06. The average molecular weight is 383 g/mol. The zero-order valence-electron chi connectivity index (χ0n) is 15.2. The number of rotatable bonds is 6. The van der Waals surface area contributed by atoms with Crippen LogP contribution in [0.2, 0.25) is 0 Å². The van der Waals surface area contributed by atoms with Crippen LogP contribution < -0.4 is 10.5 Å². The van der Waals surface area contributed by atoms with Crippen molar-refractivity contribution in [3.63, 3.8) is 0 Å². The summed E-state index contributed by atoms with van der Waals surface area (Å²) in [4.78, 5) is 12.6. The molecule has 0 bridgehead atoms. The van der Waals surface area contributed by atoms with Gasteiger partial charge in [-0.05, 0) is 31.2 Å². The summed E-state index contributed by atoms with van der Waals surface area (Å²) in [6, 6.07) is 15.1.